The maximum Gasteiger partial charge on any atom is 0.225 e. The van der Waals surface area contributed by atoms with Gasteiger partial charge in [-0.1, -0.05) is 0 Å². The molecule has 1 saturated carbocycles. The van der Waals surface area contributed by atoms with Crippen molar-refractivity contribution >= 4 is 34.7 Å². The lowest BCUT2D eigenvalue weighted by atomic mass is 9.85. The number of anilines is 3. The highest BCUT2D eigenvalue weighted by atomic mass is 19.1. The molecule has 1 atom stereocenters. The number of carbonyl (C=O) groups is 1. The molecule has 9 nitrogen and oxygen atoms in total. The predicted molar refractivity (Wildman–Crippen MR) is 132 cm³/mol. The van der Waals surface area contributed by atoms with Gasteiger partial charge in [-0.3, -0.25) is 9.36 Å². The highest BCUT2D eigenvalue weighted by molar-refractivity contribution is 5.79. The van der Waals surface area contributed by atoms with Crippen molar-refractivity contribution in [2.75, 3.05) is 23.7 Å². The summed E-state index contributed by atoms with van der Waals surface area (Å²) < 4.78 is 44.2. The van der Waals surface area contributed by atoms with E-state index in [4.69, 9.17) is 0 Å². The first kappa shape index (κ1) is 25.2. The molecule has 198 valence electrons. The number of rotatable bonds is 6. The number of hydrogen-bond donors (Lipinski definition) is 3. The number of carbonyl (C=O) groups excluding carboxylic acids is 1. The first-order valence-corrected chi connectivity index (χ1v) is 12.6. The van der Waals surface area contributed by atoms with Crippen molar-refractivity contribution in [1.29, 1.82) is 0 Å². The molecule has 3 aromatic rings. The van der Waals surface area contributed by atoms with E-state index in [-0.39, 0.29) is 29.9 Å². The van der Waals surface area contributed by atoms with Crippen LogP contribution >= 0.6 is 0 Å². The molecule has 5 rings (SSSR count). The Hall–Kier alpha value is -3.41. The van der Waals surface area contributed by atoms with Gasteiger partial charge < -0.3 is 20.6 Å². The van der Waals surface area contributed by atoms with Crippen LogP contribution in [0.3, 0.4) is 0 Å². The van der Waals surface area contributed by atoms with Crippen LogP contribution in [0.25, 0.3) is 11.2 Å². The second-order valence-electron chi connectivity index (χ2n) is 10.1. The second-order valence-corrected chi connectivity index (χ2v) is 10.1. The monoisotopic (exact) mass is 517 g/mol. The summed E-state index contributed by atoms with van der Waals surface area (Å²) in [5.41, 5.74) is 0.410. The molecule has 0 spiro atoms. The van der Waals surface area contributed by atoms with E-state index in [1.807, 2.05) is 13.8 Å². The maximum absolute atomic E-state index is 14.5. The number of aromatic nitrogens is 4. The Morgan fingerprint density at radius 2 is 1.78 bits per heavy atom. The maximum atomic E-state index is 14.5. The molecule has 0 bridgehead atoms. The van der Waals surface area contributed by atoms with Crippen molar-refractivity contribution in [2.45, 2.75) is 64.1 Å². The number of hydrogen-bond acceptors (Lipinski definition) is 7. The number of likely N-dealkylation sites (tertiary alicyclic amines) is 1. The quantitative estimate of drug-likeness (QED) is 0.451. The fourth-order valence-electron chi connectivity index (χ4n) is 5.21. The van der Waals surface area contributed by atoms with Gasteiger partial charge in [-0.05, 0) is 46.0 Å². The molecular weight excluding hydrogens is 487 g/mol. The molecule has 1 aromatic carbocycles. The number of fused-ring (bicyclic) bond motifs is 1. The van der Waals surface area contributed by atoms with Crippen molar-refractivity contribution in [2.24, 2.45) is 5.92 Å². The van der Waals surface area contributed by atoms with Gasteiger partial charge in [0.15, 0.2) is 17.3 Å². The molecular formula is C25H30F3N7O2. The van der Waals surface area contributed by atoms with Gasteiger partial charge in [0.2, 0.25) is 17.8 Å². The van der Waals surface area contributed by atoms with Crippen LogP contribution < -0.4 is 10.6 Å². The zero-order valence-electron chi connectivity index (χ0n) is 20.7. The third-order valence-electron chi connectivity index (χ3n) is 6.98. The second kappa shape index (κ2) is 10.2. The lowest BCUT2D eigenvalue weighted by Crippen LogP contribution is -2.37. The van der Waals surface area contributed by atoms with Crippen LogP contribution in [-0.2, 0) is 4.79 Å². The first-order chi connectivity index (χ1) is 17.7. The minimum Gasteiger partial charge on any atom is -0.391 e. The van der Waals surface area contributed by atoms with Crippen molar-refractivity contribution in [3.8, 4) is 0 Å². The molecule has 2 aromatic heterocycles. The minimum absolute atomic E-state index is 0.0602. The first-order valence-electron chi connectivity index (χ1n) is 12.6. The fourth-order valence-corrected chi connectivity index (χ4v) is 5.21. The lowest BCUT2D eigenvalue weighted by molar-refractivity contribution is -0.136. The smallest absolute Gasteiger partial charge is 0.225 e. The Kier molecular flexibility index (Phi) is 6.93. The van der Waals surface area contributed by atoms with E-state index >= 15 is 0 Å². The molecule has 2 aliphatic rings. The summed E-state index contributed by atoms with van der Waals surface area (Å²) in [6.07, 6.45) is 4.16. The van der Waals surface area contributed by atoms with Crippen LogP contribution in [0.1, 0.15) is 52.0 Å². The van der Waals surface area contributed by atoms with E-state index in [1.165, 1.54) is 0 Å². The number of imidazole rings is 1. The molecule has 3 N–H and O–H groups in total. The Bertz CT molecular complexity index is 1280. The summed E-state index contributed by atoms with van der Waals surface area (Å²) in [6.45, 7) is 4.85. The van der Waals surface area contributed by atoms with Gasteiger partial charge in [-0.15, -0.1) is 0 Å². The van der Waals surface area contributed by atoms with Crippen LogP contribution in [0.15, 0.2) is 18.3 Å². The van der Waals surface area contributed by atoms with Gasteiger partial charge in [0.1, 0.15) is 17.0 Å². The van der Waals surface area contributed by atoms with Crippen LogP contribution in [0.4, 0.5) is 30.8 Å². The van der Waals surface area contributed by atoms with Crippen molar-refractivity contribution in [3.63, 3.8) is 0 Å². The number of amides is 1. The van der Waals surface area contributed by atoms with Gasteiger partial charge in [-0.2, -0.15) is 4.98 Å². The van der Waals surface area contributed by atoms with Gasteiger partial charge in [0, 0.05) is 43.2 Å². The normalized spacial score (nSPS) is 22.1. The minimum atomic E-state index is -1.08. The van der Waals surface area contributed by atoms with E-state index in [1.54, 1.807) is 15.7 Å². The molecule has 2 fully saturated rings. The van der Waals surface area contributed by atoms with E-state index in [9.17, 15) is 23.1 Å². The molecule has 12 heteroatoms. The number of nitrogens with one attached hydrogen (secondary N) is 2. The third-order valence-corrected chi connectivity index (χ3v) is 6.98. The summed E-state index contributed by atoms with van der Waals surface area (Å²) in [4.78, 5) is 28.1. The summed E-state index contributed by atoms with van der Waals surface area (Å²) >= 11 is 0. The van der Waals surface area contributed by atoms with Crippen molar-refractivity contribution in [3.05, 3.63) is 35.8 Å². The number of nitrogens with zero attached hydrogens (tertiary/aromatic N) is 5. The summed E-state index contributed by atoms with van der Waals surface area (Å²) in [5.74, 6) is -2.70. The Labute approximate surface area is 212 Å². The predicted octanol–water partition coefficient (Wildman–Crippen LogP) is 4.13. The highest BCUT2D eigenvalue weighted by Crippen LogP contribution is 2.38. The summed E-state index contributed by atoms with van der Waals surface area (Å²) in [7, 11) is 0. The van der Waals surface area contributed by atoms with Crippen molar-refractivity contribution in [1.82, 2.24) is 24.4 Å². The van der Waals surface area contributed by atoms with E-state index in [2.05, 4.69) is 25.6 Å². The van der Waals surface area contributed by atoms with Gasteiger partial charge in [0.25, 0.3) is 0 Å². The average molecular weight is 518 g/mol. The van der Waals surface area contributed by atoms with E-state index in [0.717, 1.165) is 0 Å². The molecule has 37 heavy (non-hydrogen) atoms. The van der Waals surface area contributed by atoms with Crippen LogP contribution in [0, 0.1) is 23.4 Å². The Balaban J connectivity index is 1.46. The number of β-amino-alcohol motifs (C(OH)–C–C–N with tert-alkyl or cyclic N) is 1. The van der Waals surface area contributed by atoms with E-state index in [0.29, 0.717) is 74.4 Å². The SMILES string of the molecule is CC(C)Nc1ncc2nc(Nc3c(F)cc(F)cc3F)n([C@H]3CC[C@@H](C(=O)N4CC[C@@H](O)C4)CC3)c2n1. The lowest BCUT2D eigenvalue weighted by Gasteiger charge is -2.32. The molecule has 3 heterocycles. The van der Waals surface area contributed by atoms with E-state index < -0.39 is 29.2 Å². The third kappa shape index (κ3) is 5.20. The largest absolute Gasteiger partial charge is 0.391 e. The van der Waals surface area contributed by atoms with Crippen LogP contribution in [0.5, 0.6) is 0 Å². The zero-order chi connectivity index (χ0) is 26.3. The molecule has 1 amide bonds. The summed E-state index contributed by atoms with van der Waals surface area (Å²) in [6, 6.07) is 1.15. The van der Waals surface area contributed by atoms with Gasteiger partial charge >= 0.3 is 0 Å². The standard InChI is InChI=1S/C25H30F3N7O2/c1-13(2)30-24-29-11-20-22(33-24)35(25(31-20)32-21-18(27)9-15(26)10-19(21)28)16-5-3-14(4-6-16)23(37)34-8-7-17(36)12-34/h9-11,13-14,16-17,36H,3-8,12H2,1-2H3,(H,31,32)(H,29,30,33)/t14-,16+,17-/m1/s1. The number of benzene rings is 1. The fraction of sp³-hybridized carbons (Fsp3) is 0.520. The van der Waals surface area contributed by atoms with Crippen molar-refractivity contribution < 1.29 is 23.1 Å². The number of aliphatic hydroxyl groups is 1. The zero-order valence-corrected chi connectivity index (χ0v) is 20.7. The number of aliphatic hydroxyl groups excluding tert-OH is 1. The topological polar surface area (TPSA) is 108 Å². The molecule has 0 radical (unpaired) electrons. The van der Waals surface area contributed by atoms with Crippen LogP contribution in [0.2, 0.25) is 0 Å². The number of halogens is 3. The van der Waals surface area contributed by atoms with Gasteiger partial charge in [0.05, 0.1) is 12.3 Å². The van der Waals surface area contributed by atoms with Gasteiger partial charge in [-0.25, -0.2) is 23.1 Å². The molecule has 1 saturated heterocycles. The Morgan fingerprint density at radius 1 is 1.08 bits per heavy atom. The highest BCUT2D eigenvalue weighted by Gasteiger charge is 2.34. The van der Waals surface area contributed by atoms with Crippen LogP contribution in [-0.4, -0.2) is 60.7 Å². The molecule has 0 unspecified atom stereocenters. The Morgan fingerprint density at radius 3 is 2.41 bits per heavy atom. The molecule has 1 aliphatic heterocycles. The molecule has 1 aliphatic carbocycles. The average Bonchev–Trinajstić information content (AvgIpc) is 3.43. The summed E-state index contributed by atoms with van der Waals surface area (Å²) in [5, 5.41) is 15.7.